The van der Waals surface area contributed by atoms with E-state index in [2.05, 4.69) is 15.4 Å². The van der Waals surface area contributed by atoms with Crippen LogP contribution in [0.5, 0.6) is 5.75 Å². The standard InChI is InChI=1S/C22H26ClN3O3/c1-2-21(24-25-22(27)18-3-7-19(23)8-4-18)17-5-9-20(10-6-17)29-16-13-26-11-14-28-15-12-26/h3-10H,2,11-16H2,1H3,(H,25,27)/b24-21+. The van der Waals surface area contributed by atoms with Gasteiger partial charge in [0.25, 0.3) is 5.91 Å². The minimum atomic E-state index is -0.268. The second-order valence-electron chi connectivity index (χ2n) is 6.69. The molecule has 0 aromatic heterocycles. The summed E-state index contributed by atoms with van der Waals surface area (Å²) in [6.45, 7) is 7.04. The Morgan fingerprint density at radius 1 is 1.10 bits per heavy atom. The highest BCUT2D eigenvalue weighted by molar-refractivity contribution is 6.30. The van der Waals surface area contributed by atoms with Crippen LogP contribution in [0, 0.1) is 0 Å². The number of carbonyl (C=O) groups is 1. The monoisotopic (exact) mass is 415 g/mol. The van der Waals surface area contributed by atoms with E-state index in [4.69, 9.17) is 21.1 Å². The van der Waals surface area contributed by atoms with Crippen molar-refractivity contribution in [3.8, 4) is 5.75 Å². The molecule has 0 radical (unpaired) electrons. The Kier molecular flexibility index (Phi) is 8.04. The first-order chi connectivity index (χ1) is 14.2. The van der Waals surface area contributed by atoms with E-state index >= 15 is 0 Å². The number of nitrogens with zero attached hydrogens (tertiary/aromatic N) is 2. The Morgan fingerprint density at radius 2 is 1.76 bits per heavy atom. The minimum Gasteiger partial charge on any atom is -0.492 e. The van der Waals surface area contributed by atoms with Crippen molar-refractivity contribution in [2.75, 3.05) is 39.5 Å². The Morgan fingerprint density at radius 3 is 2.41 bits per heavy atom. The van der Waals surface area contributed by atoms with Crippen LogP contribution < -0.4 is 10.2 Å². The van der Waals surface area contributed by atoms with Gasteiger partial charge in [-0.1, -0.05) is 18.5 Å². The van der Waals surface area contributed by atoms with Crippen molar-refractivity contribution >= 4 is 23.2 Å². The molecule has 2 aromatic rings. The molecule has 0 unspecified atom stereocenters. The Labute approximate surface area is 176 Å². The van der Waals surface area contributed by atoms with Gasteiger partial charge in [0.2, 0.25) is 0 Å². The van der Waals surface area contributed by atoms with Gasteiger partial charge in [-0.25, -0.2) is 5.43 Å². The summed E-state index contributed by atoms with van der Waals surface area (Å²) >= 11 is 5.85. The number of halogens is 1. The van der Waals surface area contributed by atoms with Crippen molar-refractivity contribution in [3.05, 3.63) is 64.7 Å². The van der Waals surface area contributed by atoms with Gasteiger partial charge in [-0.15, -0.1) is 0 Å². The third-order valence-corrected chi connectivity index (χ3v) is 4.95. The van der Waals surface area contributed by atoms with Crippen LogP contribution in [0.3, 0.4) is 0 Å². The van der Waals surface area contributed by atoms with Gasteiger partial charge in [0, 0.05) is 30.2 Å². The third-order valence-electron chi connectivity index (χ3n) is 4.70. The highest BCUT2D eigenvalue weighted by Crippen LogP contribution is 2.14. The zero-order valence-electron chi connectivity index (χ0n) is 16.6. The molecule has 1 heterocycles. The number of nitrogens with one attached hydrogen (secondary N) is 1. The molecule has 0 spiro atoms. The Hall–Kier alpha value is -2.41. The lowest BCUT2D eigenvalue weighted by Crippen LogP contribution is -2.38. The summed E-state index contributed by atoms with van der Waals surface area (Å²) < 4.78 is 11.2. The van der Waals surface area contributed by atoms with E-state index in [1.54, 1.807) is 24.3 Å². The molecular formula is C22H26ClN3O3. The van der Waals surface area contributed by atoms with Gasteiger partial charge in [0.05, 0.1) is 18.9 Å². The quantitative estimate of drug-likeness (QED) is 0.528. The van der Waals surface area contributed by atoms with Crippen LogP contribution in [0.25, 0.3) is 0 Å². The number of benzene rings is 2. The molecule has 0 aliphatic carbocycles. The van der Waals surface area contributed by atoms with Crippen molar-refractivity contribution in [3.63, 3.8) is 0 Å². The second kappa shape index (κ2) is 11.0. The molecule has 0 bridgehead atoms. The first kappa shape index (κ1) is 21.3. The SMILES string of the molecule is CC/C(=N\NC(=O)c1ccc(Cl)cc1)c1ccc(OCCN2CCOCC2)cc1. The van der Waals surface area contributed by atoms with Gasteiger partial charge < -0.3 is 9.47 Å². The molecule has 1 N–H and O–H groups in total. The molecule has 7 heteroatoms. The van der Waals surface area contributed by atoms with Gasteiger partial charge in [-0.2, -0.15) is 5.10 Å². The van der Waals surface area contributed by atoms with Crippen LogP contribution in [0.1, 0.15) is 29.3 Å². The molecule has 1 aliphatic rings. The highest BCUT2D eigenvalue weighted by Gasteiger charge is 2.10. The number of rotatable bonds is 8. The van der Waals surface area contributed by atoms with E-state index in [1.807, 2.05) is 31.2 Å². The van der Waals surface area contributed by atoms with Crippen LogP contribution >= 0.6 is 11.6 Å². The van der Waals surface area contributed by atoms with Crippen LogP contribution in [-0.2, 0) is 4.74 Å². The zero-order valence-corrected chi connectivity index (χ0v) is 17.3. The molecule has 6 nitrogen and oxygen atoms in total. The molecule has 1 aliphatic heterocycles. The largest absolute Gasteiger partial charge is 0.492 e. The fourth-order valence-electron chi connectivity index (χ4n) is 2.99. The van der Waals surface area contributed by atoms with Crippen molar-refractivity contribution in [1.29, 1.82) is 0 Å². The topological polar surface area (TPSA) is 63.2 Å². The van der Waals surface area contributed by atoms with E-state index < -0.39 is 0 Å². The Balaban J connectivity index is 1.52. The molecule has 2 aromatic carbocycles. The number of ether oxygens (including phenoxy) is 2. The van der Waals surface area contributed by atoms with Crippen LogP contribution in [0.15, 0.2) is 53.6 Å². The molecule has 29 heavy (non-hydrogen) atoms. The number of carbonyl (C=O) groups excluding carboxylic acids is 1. The summed E-state index contributed by atoms with van der Waals surface area (Å²) in [6.07, 6.45) is 0.693. The highest BCUT2D eigenvalue weighted by atomic mass is 35.5. The third kappa shape index (κ3) is 6.56. The molecule has 0 saturated carbocycles. The maximum Gasteiger partial charge on any atom is 0.271 e. The van der Waals surface area contributed by atoms with Gasteiger partial charge in [-0.3, -0.25) is 9.69 Å². The summed E-state index contributed by atoms with van der Waals surface area (Å²) in [4.78, 5) is 14.6. The maximum absolute atomic E-state index is 12.2. The summed E-state index contributed by atoms with van der Waals surface area (Å²) in [5.74, 6) is 0.554. The van der Waals surface area contributed by atoms with E-state index in [0.717, 1.165) is 49.9 Å². The van der Waals surface area contributed by atoms with Crippen molar-refractivity contribution in [2.45, 2.75) is 13.3 Å². The van der Waals surface area contributed by atoms with Gasteiger partial charge in [-0.05, 0) is 60.5 Å². The van der Waals surface area contributed by atoms with Gasteiger partial charge in [0.15, 0.2) is 0 Å². The van der Waals surface area contributed by atoms with E-state index in [9.17, 15) is 4.79 Å². The van der Waals surface area contributed by atoms with Crippen molar-refractivity contribution < 1.29 is 14.3 Å². The number of hydrogen-bond donors (Lipinski definition) is 1. The number of amides is 1. The van der Waals surface area contributed by atoms with Gasteiger partial charge >= 0.3 is 0 Å². The lowest BCUT2D eigenvalue weighted by Gasteiger charge is -2.26. The zero-order chi connectivity index (χ0) is 20.5. The van der Waals surface area contributed by atoms with Crippen LogP contribution in [0.4, 0.5) is 0 Å². The van der Waals surface area contributed by atoms with Gasteiger partial charge in [0.1, 0.15) is 12.4 Å². The average molecular weight is 416 g/mol. The molecule has 1 saturated heterocycles. The van der Waals surface area contributed by atoms with E-state index in [0.29, 0.717) is 23.6 Å². The molecule has 1 fully saturated rings. The normalized spacial score (nSPS) is 15.2. The summed E-state index contributed by atoms with van der Waals surface area (Å²) in [7, 11) is 0. The fraction of sp³-hybridized carbons (Fsp3) is 0.364. The fourth-order valence-corrected chi connectivity index (χ4v) is 3.12. The average Bonchev–Trinajstić information content (AvgIpc) is 2.76. The van der Waals surface area contributed by atoms with Crippen LogP contribution in [-0.4, -0.2) is 56.0 Å². The predicted molar refractivity (Wildman–Crippen MR) is 115 cm³/mol. The number of hydrogen-bond acceptors (Lipinski definition) is 5. The summed E-state index contributed by atoms with van der Waals surface area (Å²) in [6, 6.07) is 14.5. The van der Waals surface area contributed by atoms with E-state index in [-0.39, 0.29) is 5.91 Å². The maximum atomic E-state index is 12.2. The molecule has 154 valence electrons. The number of hydrazone groups is 1. The summed E-state index contributed by atoms with van der Waals surface area (Å²) in [5, 5.41) is 4.88. The van der Waals surface area contributed by atoms with E-state index in [1.165, 1.54) is 0 Å². The lowest BCUT2D eigenvalue weighted by molar-refractivity contribution is 0.0322. The minimum absolute atomic E-state index is 0.268. The molecular weight excluding hydrogens is 390 g/mol. The van der Waals surface area contributed by atoms with Crippen molar-refractivity contribution in [1.82, 2.24) is 10.3 Å². The second-order valence-corrected chi connectivity index (χ2v) is 7.12. The first-order valence-electron chi connectivity index (χ1n) is 9.81. The smallest absolute Gasteiger partial charge is 0.271 e. The first-order valence-corrected chi connectivity index (χ1v) is 10.2. The van der Waals surface area contributed by atoms with Crippen molar-refractivity contribution in [2.24, 2.45) is 5.10 Å². The predicted octanol–water partition coefficient (Wildman–Crippen LogP) is 3.60. The Bertz CT molecular complexity index is 816. The molecule has 1 amide bonds. The lowest BCUT2D eigenvalue weighted by atomic mass is 10.1. The molecule has 3 rings (SSSR count). The summed E-state index contributed by atoms with van der Waals surface area (Å²) in [5.41, 5.74) is 4.87. The molecule has 0 atom stereocenters. The number of morpholine rings is 1. The van der Waals surface area contributed by atoms with Crippen LogP contribution in [0.2, 0.25) is 5.02 Å².